The van der Waals surface area contributed by atoms with E-state index in [0.717, 1.165) is 25.0 Å². The molecule has 29 heavy (non-hydrogen) atoms. The van der Waals surface area contributed by atoms with E-state index >= 15 is 0 Å². The molecule has 1 aromatic rings. The Morgan fingerprint density at radius 2 is 1.86 bits per heavy atom. The summed E-state index contributed by atoms with van der Waals surface area (Å²) >= 11 is 0. The second-order valence-electron chi connectivity index (χ2n) is 7.75. The van der Waals surface area contributed by atoms with Crippen LogP contribution in [-0.4, -0.2) is 49.8 Å². The monoisotopic (exact) mass is 422 g/mol. The van der Waals surface area contributed by atoms with Crippen molar-refractivity contribution in [2.75, 3.05) is 26.7 Å². The van der Waals surface area contributed by atoms with Crippen LogP contribution in [0.4, 0.5) is 22.0 Å². The van der Waals surface area contributed by atoms with Gasteiger partial charge in [0.05, 0.1) is 13.2 Å². The second-order valence-corrected chi connectivity index (χ2v) is 7.75. The van der Waals surface area contributed by atoms with Crippen LogP contribution < -0.4 is 10.1 Å². The van der Waals surface area contributed by atoms with Crippen molar-refractivity contribution < 1.29 is 31.5 Å². The summed E-state index contributed by atoms with van der Waals surface area (Å²) in [6.07, 6.45) is -0.657. The zero-order chi connectivity index (χ0) is 21.6. The molecule has 164 valence electrons. The molecular weight excluding hydrogens is 395 g/mol. The zero-order valence-electron chi connectivity index (χ0n) is 16.6. The summed E-state index contributed by atoms with van der Waals surface area (Å²) in [6, 6.07) is 1.97. The Hall–Kier alpha value is -1.90. The first kappa shape index (κ1) is 23.4. The molecule has 1 unspecified atom stereocenters. The first-order valence-electron chi connectivity index (χ1n) is 9.73. The summed E-state index contributed by atoms with van der Waals surface area (Å²) in [5, 5.41) is 2.54. The number of hydrogen-bond acceptors (Lipinski definition) is 3. The van der Waals surface area contributed by atoms with Crippen LogP contribution in [0.25, 0.3) is 0 Å². The number of amides is 1. The molecule has 1 aliphatic rings. The van der Waals surface area contributed by atoms with E-state index in [4.69, 9.17) is 4.74 Å². The number of benzene rings is 1. The number of nitrogens with one attached hydrogen (secondary N) is 1. The van der Waals surface area contributed by atoms with E-state index in [2.05, 4.69) is 5.32 Å². The van der Waals surface area contributed by atoms with Gasteiger partial charge in [-0.05, 0) is 51.6 Å². The highest BCUT2D eigenvalue weighted by Gasteiger charge is 2.29. The standard InChI is InChI=1S/C20H27F5N2O2/c1-13(7-8-27(2)12-20(23,24)25)4-3-9-29-15-10-16(21)18(17(22)11-15)19(28)26-14-5-6-14/h10-11,13-14H,3-9,12H2,1-2H3,(H,26,28). The van der Waals surface area contributed by atoms with E-state index in [9.17, 15) is 26.7 Å². The normalized spacial score (nSPS) is 15.4. The lowest BCUT2D eigenvalue weighted by atomic mass is 10.0. The van der Waals surface area contributed by atoms with Crippen LogP contribution in [0.2, 0.25) is 0 Å². The fourth-order valence-corrected chi connectivity index (χ4v) is 2.93. The Balaban J connectivity index is 1.71. The molecule has 0 aromatic heterocycles. The molecule has 1 aliphatic carbocycles. The topological polar surface area (TPSA) is 41.6 Å². The van der Waals surface area contributed by atoms with Crippen molar-refractivity contribution in [3.63, 3.8) is 0 Å². The summed E-state index contributed by atoms with van der Waals surface area (Å²) in [4.78, 5) is 13.1. The maximum Gasteiger partial charge on any atom is 0.401 e. The van der Waals surface area contributed by atoms with E-state index in [-0.39, 0.29) is 24.3 Å². The molecular formula is C20H27F5N2O2. The van der Waals surface area contributed by atoms with E-state index in [0.29, 0.717) is 25.8 Å². The quantitative estimate of drug-likeness (QED) is 0.421. The number of rotatable bonds is 11. The predicted molar refractivity (Wildman–Crippen MR) is 98.9 cm³/mol. The minimum atomic E-state index is -4.20. The van der Waals surface area contributed by atoms with Crippen LogP contribution in [0.1, 0.15) is 49.4 Å². The minimum Gasteiger partial charge on any atom is -0.493 e. The van der Waals surface area contributed by atoms with Crippen LogP contribution in [-0.2, 0) is 0 Å². The summed E-state index contributed by atoms with van der Waals surface area (Å²) in [6.45, 7) is 1.56. The van der Waals surface area contributed by atoms with E-state index in [1.165, 1.54) is 11.9 Å². The Kier molecular flexibility index (Phi) is 8.24. The number of hydrogen-bond donors (Lipinski definition) is 1. The first-order chi connectivity index (χ1) is 13.5. The number of alkyl halides is 3. The number of halogens is 5. The van der Waals surface area contributed by atoms with Gasteiger partial charge < -0.3 is 10.1 Å². The highest BCUT2D eigenvalue weighted by atomic mass is 19.4. The van der Waals surface area contributed by atoms with Gasteiger partial charge in [0.2, 0.25) is 0 Å². The van der Waals surface area contributed by atoms with Gasteiger partial charge in [-0.15, -0.1) is 0 Å². The van der Waals surface area contributed by atoms with Crippen molar-refractivity contribution >= 4 is 5.91 Å². The molecule has 0 spiro atoms. The van der Waals surface area contributed by atoms with Gasteiger partial charge in [-0.25, -0.2) is 8.78 Å². The predicted octanol–water partition coefficient (Wildman–Crippen LogP) is 4.54. The molecule has 0 heterocycles. The SMILES string of the molecule is CC(CCCOc1cc(F)c(C(=O)NC2CC2)c(F)c1)CCN(C)CC(F)(F)F. The van der Waals surface area contributed by atoms with Crippen molar-refractivity contribution in [2.24, 2.45) is 5.92 Å². The van der Waals surface area contributed by atoms with E-state index in [1.54, 1.807) is 0 Å². The van der Waals surface area contributed by atoms with Crippen molar-refractivity contribution in [2.45, 2.75) is 51.2 Å². The van der Waals surface area contributed by atoms with Crippen LogP contribution >= 0.6 is 0 Å². The second kappa shape index (κ2) is 10.2. The fourth-order valence-electron chi connectivity index (χ4n) is 2.93. The number of carbonyl (C=O) groups is 1. The molecule has 1 aromatic carbocycles. The number of carbonyl (C=O) groups excluding carboxylic acids is 1. The molecule has 1 N–H and O–H groups in total. The Labute approximate surface area is 167 Å². The molecule has 4 nitrogen and oxygen atoms in total. The highest BCUT2D eigenvalue weighted by molar-refractivity contribution is 5.95. The van der Waals surface area contributed by atoms with Crippen molar-refractivity contribution in [1.29, 1.82) is 0 Å². The lowest BCUT2D eigenvalue weighted by molar-refractivity contribution is -0.143. The summed E-state index contributed by atoms with van der Waals surface area (Å²) in [5.74, 6) is -2.52. The Morgan fingerprint density at radius 3 is 2.41 bits per heavy atom. The van der Waals surface area contributed by atoms with Gasteiger partial charge in [-0.1, -0.05) is 6.92 Å². The summed E-state index contributed by atoms with van der Waals surface area (Å²) in [5.41, 5.74) is -0.610. The molecule has 0 aliphatic heterocycles. The third-order valence-electron chi connectivity index (χ3n) is 4.72. The molecule has 2 rings (SSSR count). The molecule has 1 fully saturated rings. The van der Waals surface area contributed by atoms with Crippen molar-refractivity contribution in [3.8, 4) is 5.75 Å². The van der Waals surface area contributed by atoms with E-state index < -0.39 is 35.8 Å². The Morgan fingerprint density at radius 1 is 1.24 bits per heavy atom. The average Bonchev–Trinajstić information content (AvgIpc) is 3.38. The lowest BCUT2D eigenvalue weighted by Crippen LogP contribution is -2.32. The molecule has 0 radical (unpaired) electrons. The lowest BCUT2D eigenvalue weighted by Gasteiger charge is -2.20. The zero-order valence-corrected chi connectivity index (χ0v) is 16.6. The van der Waals surface area contributed by atoms with Crippen LogP contribution in [0.3, 0.4) is 0 Å². The first-order valence-corrected chi connectivity index (χ1v) is 9.73. The van der Waals surface area contributed by atoms with Crippen LogP contribution in [0.5, 0.6) is 5.75 Å². The number of nitrogens with zero attached hydrogens (tertiary/aromatic N) is 1. The van der Waals surface area contributed by atoms with Gasteiger partial charge in [-0.3, -0.25) is 9.69 Å². The minimum absolute atomic E-state index is 0.000496. The number of ether oxygens (including phenoxy) is 1. The highest BCUT2D eigenvalue weighted by Crippen LogP contribution is 2.24. The average molecular weight is 422 g/mol. The molecule has 1 amide bonds. The third kappa shape index (κ3) is 8.55. The van der Waals surface area contributed by atoms with E-state index in [1.807, 2.05) is 6.92 Å². The van der Waals surface area contributed by atoms with Crippen molar-refractivity contribution in [3.05, 3.63) is 29.3 Å². The third-order valence-corrected chi connectivity index (χ3v) is 4.72. The fraction of sp³-hybridized carbons (Fsp3) is 0.650. The van der Waals surface area contributed by atoms with Gasteiger partial charge in [0.1, 0.15) is 22.9 Å². The maximum atomic E-state index is 14.1. The van der Waals surface area contributed by atoms with Gasteiger partial charge in [0, 0.05) is 18.2 Å². The van der Waals surface area contributed by atoms with Gasteiger partial charge in [-0.2, -0.15) is 13.2 Å². The smallest absolute Gasteiger partial charge is 0.401 e. The van der Waals surface area contributed by atoms with Crippen LogP contribution in [0, 0.1) is 17.6 Å². The summed E-state index contributed by atoms with van der Waals surface area (Å²) in [7, 11) is 1.43. The Bertz CT molecular complexity index is 669. The molecule has 1 atom stereocenters. The molecule has 0 saturated heterocycles. The summed E-state index contributed by atoms with van der Waals surface area (Å²) < 4.78 is 70.4. The van der Waals surface area contributed by atoms with Gasteiger partial charge in [0.25, 0.3) is 5.91 Å². The molecule has 1 saturated carbocycles. The van der Waals surface area contributed by atoms with Crippen LogP contribution in [0.15, 0.2) is 12.1 Å². The van der Waals surface area contributed by atoms with Crippen molar-refractivity contribution in [1.82, 2.24) is 10.2 Å². The molecule has 9 heteroatoms. The maximum absolute atomic E-state index is 14.1. The van der Waals surface area contributed by atoms with Gasteiger partial charge in [0.15, 0.2) is 0 Å². The largest absolute Gasteiger partial charge is 0.493 e. The van der Waals surface area contributed by atoms with Gasteiger partial charge >= 0.3 is 6.18 Å². The molecule has 0 bridgehead atoms.